The number of benzene rings is 5. The van der Waals surface area contributed by atoms with Gasteiger partial charge in [0.2, 0.25) is 0 Å². The first kappa shape index (κ1) is 33.6. The third-order valence-corrected chi connectivity index (χ3v) is 7.25. The van der Waals surface area contributed by atoms with Gasteiger partial charge in [-0.3, -0.25) is 0 Å². The van der Waals surface area contributed by atoms with Gasteiger partial charge in [0.1, 0.15) is 49.4 Å². The Morgan fingerprint density at radius 2 is 0.792 bits per heavy atom. The molecule has 0 spiro atoms. The first-order chi connectivity index (χ1) is 23.2. The number of esters is 2. The first-order valence-electron chi connectivity index (χ1n) is 15.6. The molecule has 0 aliphatic heterocycles. The van der Waals surface area contributed by atoms with Crippen LogP contribution in [0.25, 0.3) is 21.5 Å². The molecule has 246 valence electrons. The Bertz CT molecular complexity index is 1760. The smallest absolute Gasteiger partial charge is 0.333 e. The number of hydrogen-bond acceptors (Lipinski definition) is 8. The van der Waals surface area contributed by atoms with Gasteiger partial charge in [0.05, 0.1) is 0 Å². The molecular weight excluding hydrogens is 608 g/mol. The van der Waals surface area contributed by atoms with Crippen LogP contribution in [-0.2, 0) is 19.1 Å². The standard InChI is InChI=1S/C40H38O8/c1-27(2)39(41)47-37(25-45-35-15-13-29-9-5-7-11-31(29)21-35)23-43-33-17-19-34(20-18-33)44-24-38(48-40(42)28(3)4)26-46-36-16-14-30-10-6-8-12-32(30)22-36/h5-22,37-38H,1,3,23-26H2,2,4H3. The maximum Gasteiger partial charge on any atom is 0.333 e. The monoisotopic (exact) mass is 646 g/mol. The van der Waals surface area contributed by atoms with E-state index in [-0.39, 0.29) is 37.6 Å². The minimum atomic E-state index is -0.692. The maximum atomic E-state index is 12.3. The van der Waals surface area contributed by atoms with Crippen molar-refractivity contribution in [1.29, 1.82) is 0 Å². The fraction of sp³-hybridized carbons (Fsp3) is 0.200. The summed E-state index contributed by atoms with van der Waals surface area (Å²) in [5.74, 6) is 1.33. The molecule has 0 radical (unpaired) electrons. The van der Waals surface area contributed by atoms with Gasteiger partial charge in [0.25, 0.3) is 0 Å². The summed E-state index contributed by atoms with van der Waals surface area (Å²) in [5, 5.41) is 4.29. The summed E-state index contributed by atoms with van der Waals surface area (Å²) in [6, 6.07) is 34.5. The lowest BCUT2D eigenvalue weighted by Gasteiger charge is -2.20. The second kappa shape index (κ2) is 16.2. The number of rotatable bonds is 16. The predicted octanol–water partition coefficient (Wildman–Crippen LogP) is 7.88. The van der Waals surface area contributed by atoms with Crippen molar-refractivity contribution in [2.75, 3.05) is 26.4 Å². The topological polar surface area (TPSA) is 89.5 Å². The number of ether oxygens (including phenoxy) is 6. The average Bonchev–Trinajstić information content (AvgIpc) is 3.10. The van der Waals surface area contributed by atoms with Crippen LogP contribution in [0.4, 0.5) is 0 Å². The van der Waals surface area contributed by atoms with E-state index in [2.05, 4.69) is 13.2 Å². The highest BCUT2D eigenvalue weighted by atomic mass is 16.6. The summed E-state index contributed by atoms with van der Waals surface area (Å²) in [6.45, 7) is 10.8. The van der Waals surface area contributed by atoms with E-state index in [1.807, 2.05) is 84.9 Å². The van der Waals surface area contributed by atoms with Crippen molar-refractivity contribution >= 4 is 33.5 Å². The zero-order valence-electron chi connectivity index (χ0n) is 27.1. The molecule has 0 saturated heterocycles. The van der Waals surface area contributed by atoms with E-state index in [4.69, 9.17) is 28.4 Å². The van der Waals surface area contributed by atoms with Gasteiger partial charge in [0, 0.05) is 11.1 Å². The molecule has 0 aliphatic carbocycles. The summed E-state index contributed by atoms with van der Waals surface area (Å²) in [4.78, 5) is 24.6. The van der Waals surface area contributed by atoms with Crippen LogP contribution in [0.5, 0.6) is 23.0 Å². The highest BCUT2D eigenvalue weighted by Gasteiger charge is 2.19. The Kier molecular flexibility index (Phi) is 11.3. The minimum Gasteiger partial charge on any atom is -0.490 e. The largest absolute Gasteiger partial charge is 0.490 e. The average molecular weight is 647 g/mol. The molecule has 0 bridgehead atoms. The third kappa shape index (κ3) is 9.62. The summed E-state index contributed by atoms with van der Waals surface area (Å²) < 4.78 is 35.0. The second-order valence-corrected chi connectivity index (χ2v) is 11.3. The second-order valence-electron chi connectivity index (χ2n) is 11.3. The lowest BCUT2D eigenvalue weighted by molar-refractivity contribution is -0.148. The van der Waals surface area contributed by atoms with Gasteiger partial charge in [-0.2, -0.15) is 0 Å². The van der Waals surface area contributed by atoms with Gasteiger partial charge >= 0.3 is 11.9 Å². The fourth-order valence-electron chi connectivity index (χ4n) is 4.64. The molecule has 0 aromatic heterocycles. The molecule has 0 amide bonds. The predicted molar refractivity (Wildman–Crippen MR) is 186 cm³/mol. The molecule has 5 aromatic rings. The molecule has 0 N–H and O–H groups in total. The molecule has 5 rings (SSSR count). The van der Waals surface area contributed by atoms with Gasteiger partial charge < -0.3 is 28.4 Å². The Labute approximate surface area is 280 Å². The van der Waals surface area contributed by atoms with Crippen molar-refractivity contribution in [3.63, 3.8) is 0 Å². The van der Waals surface area contributed by atoms with Crippen molar-refractivity contribution in [2.45, 2.75) is 26.1 Å². The van der Waals surface area contributed by atoms with E-state index >= 15 is 0 Å². The van der Waals surface area contributed by atoms with Crippen LogP contribution in [-0.4, -0.2) is 50.6 Å². The van der Waals surface area contributed by atoms with E-state index in [0.717, 1.165) is 21.5 Å². The summed E-state index contributed by atoms with van der Waals surface area (Å²) >= 11 is 0. The van der Waals surface area contributed by atoms with Crippen molar-refractivity contribution < 1.29 is 38.0 Å². The Balaban J connectivity index is 1.16. The zero-order valence-corrected chi connectivity index (χ0v) is 27.1. The van der Waals surface area contributed by atoms with Crippen LogP contribution in [0, 0.1) is 0 Å². The van der Waals surface area contributed by atoms with Gasteiger partial charge in [0.15, 0.2) is 12.2 Å². The molecule has 8 heteroatoms. The molecule has 2 atom stereocenters. The maximum absolute atomic E-state index is 12.3. The number of fused-ring (bicyclic) bond motifs is 2. The molecule has 2 unspecified atom stereocenters. The van der Waals surface area contributed by atoms with Crippen LogP contribution in [0.3, 0.4) is 0 Å². The van der Waals surface area contributed by atoms with Crippen LogP contribution < -0.4 is 18.9 Å². The van der Waals surface area contributed by atoms with Gasteiger partial charge in [-0.25, -0.2) is 9.59 Å². The van der Waals surface area contributed by atoms with Gasteiger partial charge in [-0.05, 0) is 83.9 Å². The van der Waals surface area contributed by atoms with Crippen molar-refractivity contribution in [3.05, 3.63) is 133 Å². The number of carbonyl (C=O) groups is 2. The van der Waals surface area contributed by atoms with Crippen LogP contribution in [0.15, 0.2) is 133 Å². The van der Waals surface area contributed by atoms with E-state index in [1.165, 1.54) is 0 Å². The van der Waals surface area contributed by atoms with Gasteiger partial charge in [-0.15, -0.1) is 0 Å². The van der Waals surface area contributed by atoms with Crippen molar-refractivity contribution in [2.24, 2.45) is 0 Å². The number of carbonyl (C=O) groups excluding carboxylic acids is 2. The molecule has 5 aromatic carbocycles. The van der Waals surface area contributed by atoms with E-state index in [1.54, 1.807) is 38.1 Å². The summed E-state index contributed by atoms with van der Waals surface area (Å²) in [5.41, 5.74) is 0.559. The van der Waals surface area contributed by atoms with Crippen LogP contribution in [0.2, 0.25) is 0 Å². The number of hydrogen-bond donors (Lipinski definition) is 0. The summed E-state index contributed by atoms with van der Waals surface area (Å²) in [6.07, 6.45) is -1.38. The molecule has 0 saturated carbocycles. The molecule has 48 heavy (non-hydrogen) atoms. The van der Waals surface area contributed by atoms with Crippen LogP contribution >= 0.6 is 0 Å². The molecule has 0 aliphatic rings. The zero-order chi connectivity index (χ0) is 33.9. The lowest BCUT2D eigenvalue weighted by atomic mass is 10.1. The molecule has 0 fully saturated rings. The highest BCUT2D eigenvalue weighted by molar-refractivity contribution is 5.87. The molecular formula is C40H38O8. The first-order valence-corrected chi connectivity index (χ1v) is 15.6. The molecule has 0 heterocycles. The van der Waals surface area contributed by atoms with Crippen molar-refractivity contribution in [1.82, 2.24) is 0 Å². The quantitative estimate of drug-likeness (QED) is 0.0790. The minimum absolute atomic E-state index is 0.0534. The highest BCUT2D eigenvalue weighted by Crippen LogP contribution is 2.23. The lowest BCUT2D eigenvalue weighted by Crippen LogP contribution is -2.31. The SMILES string of the molecule is C=C(C)C(=O)OC(COc1ccc(OCC(COc2ccc3ccccc3c2)OC(=O)C(=C)C)cc1)COc1ccc2ccccc2c1. The fourth-order valence-corrected chi connectivity index (χ4v) is 4.64. The summed E-state index contributed by atoms with van der Waals surface area (Å²) in [7, 11) is 0. The Morgan fingerprint density at radius 1 is 0.479 bits per heavy atom. The Morgan fingerprint density at radius 3 is 1.15 bits per heavy atom. The third-order valence-electron chi connectivity index (χ3n) is 7.25. The van der Waals surface area contributed by atoms with Gasteiger partial charge in [-0.1, -0.05) is 73.8 Å². The van der Waals surface area contributed by atoms with Crippen molar-refractivity contribution in [3.8, 4) is 23.0 Å². The van der Waals surface area contributed by atoms with E-state index in [0.29, 0.717) is 23.0 Å². The van der Waals surface area contributed by atoms with E-state index in [9.17, 15) is 9.59 Å². The van der Waals surface area contributed by atoms with E-state index < -0.39 is 24.1 Å². The molecule has 8 nitrogen and oxygen atoms in total. The van der Waals surface area contributed by atoms with Crippen LogP contribution in [0.1, 0.15) is 13.8 Å². The normalized spacial score (nSPS) is 12.0. The Hall–Kier alpha value is -5.76.